The number of fused-ring (bicyclic) bond motifs is 2. The Morgan fingerprint density at radius 1 is 1.26 bits per heavy atom. The fraction of sp³-hybridized carbons (Fsp3) is 0.524. The predicted octanol–water partition coefficient (Wildman–Crippen LogP) is 2.62. The molecule has 0 radical (unpaired) electrons. The highest BCUT2D eigenvalue weighted by atomic mass is 32.2. The van der Waals surface area contributed by atoms with Gasteiger partial charge in [0.2, 0.25) is 15.2 Å². The van der Waals surface area contributed by atoms with Crippen molar-refractivity contribution in [1.29, 1.82) is 5.26 Å². The summed E-state index contributed by atoms with van der Waals surface area (Å²) in [4.78, 5) is 2.11. The third-order valence-electron chi connectivity index (χ3n) is 6.94. The van der Waals surface area contributed by atoms with Crippen molar-refractivity contribution in [2.75, 3.05) is 31.2 Å². The molecule has 3 aromatic rings. The highest BCUT2D eigenvalue weighted by molar-refractivity contribution is 7.89. The third kappa shape index (κ3) is 3.96. The molecule has 1 N–H and O–H groups in total. The molecule has 6 rings (SSSR count). The summed E-state index contributed by atoms with van der Waals surface area (Å²) in [5.74, 6) is 0.829. The number of ether oxygens (including phenoxy) is 1. The Hall–Kier alpha value is -2.73. The van der Waals surface area contributed by atoms with Crippen molar-refractivity contribution in [3.05, 3.63) is 23.3 Å². The zero-order valence-electron chi connectivity index (χ0n) is 18.4. The molecule has 3 aliphatic rings. The van der Waals surface area contributed by atoms with E-state index in [2.05, 4.69) is 24.9 Å². The van der Waals surface area contributed by atoms with E-state index in [1.807, 2.05) is 6.07 Å². The van der Waals surface area contributed by atoms with E-state index in [-0.39, 0.29) is 10.0 Å². The first-order chi connectivity index (χ1) is 16.8. The maximum absolute atomic E-state index is 13.3. The number of rotatable bonds is 6. The van der Waals surface area contributed by atoms with Crippen LogP contribution in [0.1, 0.15) is 30.7 Å². The van der Waals surface area contributed by atoms with Crippen molar-refractivity contribution in [1.82, 2.24) is 24.7 Å². The second kappa shape index (κ2) is 8.16. The molecule has 35 heavy (non-hydrogen) atoms. The van der Waals surface area contributed by atoms with Gasteiger partial charge in [-0.1, -0.05) is 11.3 Å². The van der Waals surface area contributed by atoms with Crippen molar-refractivity contribution >= 4 is 38.0 Å². The van der Waals surface area contributed by atoms with E-state index in [9.17, 15) is 22.5 Å². The molecule has 3 fully saturated rings. The first-order valence-corrected chi connectivity index (χ1v) is 13.5. The number of alkyl halides is 2. The zero-order chi connectivity index (χ0) is 24.4. The van der Waals surface area contributed by atoms with Gasteiger partial charge >= 0.3 is 0 Å². The first kappa shape index (κ1) is 22.7. The average molecular weight is 522 g/mol. The van der Waals surface area contributed by atoms with Gasteiger partial charge in [0, 0.05) is 36.7 Å². The zero-order valence-corrected chi connectivity index (χ0v) is 20.0. The molecule has 2 aliphatic heterocycles. The molecule has 2 aromatic heterocycles. The second-order valence-corrected chi connectivity index (χ2v) is 11.9. The maximum atomic E-state index is 13.3. The van der Waals surface area contributed by atoms with Gasteiger partial charge in [0.15, 0.2) is 5.01 Å². The van der Waals surface area contributed by atoms with Gasteiger partial charge in [-0.3, -0.25) is 0 Å². The van der Waals surface area contributed by atoms with Crippen LogP contribution in [0.25, 0.3) is 16.0 Å². The standard InChI is InChI=1S/C21H21F2N7O3S2/c22-18(23)19-26-27-20(34-19)30-17-6-14(35(31,32)28-21(11-24)2-3-21)5-16(15(17)7-25-30)29-4-1-12-9-33-10-13(12)8-29/h5-7,12-13,18,28H,1-4,8-10H2/t12-,13+/m0/s1. The molecule has 0 unspecified atom stereocenters. The number of aromatic nitrogens is 4. The van der Waals surface area contributed by atoms with E-state index in [1.165, 1.54) is 10.7 Å². The molecule has 184 valence electrons. The Bertz CT molecular complexity index is 1440. The van der Waals surface area contributed by atoms with E-state index < -0.39 is 27.0 Å². The Morgan fingerprint density at radius 2 is 2.06 bits per heavy atom. The number of hydrogen-bond acceptors (Lipinski definition) is 9. The maximum Gasteiger partial charge on any atom is 0.291 e. The first-order valence-electron chi connectivity index (χ1n) is 11.2. The topological polar surface area (TPSA) is 126 Å². The minimum absolute atomic E-state index is 0.0216. The van der Waals surface area contributed by atoms with Crippen LogP contribution in [0.5, 0.6) is 0 Å². The van der Waals surface area contributed by atoms with Gasteiger partial charge in [0.25, 0.3) is 6.43 Å². The molecule has 4 heterocycles. The van der Waals surface area contributed by atoms with Crippen molar-refractivity contribution in [3.8, 4) is 11.2 Å². The molecular weight excluding hydrogens is 500 g/mol. The number of sulfonamides is 1. The monoisotopic (exact) mass is 521 g/mol. The molecule has 0 amide bonds. The normalized spacial score (nSPS) is 23.5. The summed E-state index contributed by atoms with van der Waals surface area (Å²) >= 11 is 0.695. The highest BCUT2D eigenvalue weighted by Gasteiger charge is 2.47. The summed E-state index contributed by atoms with van der Waals surface area (Å²) in [6.45, 7) is 2.83. The number of benzene rings is 1. The molecule has 0 bridgehead atoms. The van der Waals surface area contributed by atoms with Gasteiger partial charge < -0.3 is 9.64 Å². The van der Waals surface area contributed by atoms with Crippen LogP contribution < -0.4 is 9.62 Å². The summed E-state index contributed by atoms with van der Waals surface area (Å²) in [6, 6.07) is 5.09. The molecule has 1 aliphatic carbocycles. The summed E-state index contributed by atoms with van der Waals surface area (Å²) in [5, 5.41) is 21.5. The lowest BCUT2D eigenvalue weighted by atomic mass is 9.88. The molecule has 10 nitrogen and oxygen atoms in total. The molecule has 1 saturated carbocycles. The smallest absolute Gasteiger partial charge is 0.291 e. The Morgan fingerprint density at radius 3 is 2.77 bits per heavy atom. The molecule has 1 aromatic carbocycles. The minimum Gasteiger partial charge on any atom is -0.381 e. The third-order valence-corrected chi connectivity index (χ3v) is 9.36. The van der Waals surface area contributed by atoms with Gasteiger partial charge in [-0.25, -0.2) is 21.9 Å². The lowest BCUT2D eigenvalue weighted by Gasteiger charge is -2.36. The highest BCUT2D eigenvalue weighted by Crippen LogP contribution is 2.40. The van der Waals surface area contributed by atoms with E-state index in [4.69, 9.17) is 4.74 Å². The number of nitrogens with zero attached hydrogens (tertiary/aromatic N) is 6. The van der Waals surface area contributed by atoms with Gasteiger partial charge in [-0.05, 0) is 37.3 Å². The molecule has 2 atom stereocenters. The summed E-state index contributed by atoms with van der Waals surface area (Å²) in [6.07, 6.45) is 0.640. The van der Waals surface area contributed by atoms with Gasteiger partial charge in [-0.15, -0.1) is 10.2 Å². The fourth-order valence-corrected chi connectivity index (χ4v) is 6.90. The van der Waals surface area contributed by atoms with Gasteiger partial charge in [-0.2, -0.15) is 15.1 Å². The number of anilines is 1. The lowest BCUT2D eigenvalue weighted by Crippen LogP contribution is -2.40. The van der Waals surface area contributed by atoms with E-state index in [0.717, 1.165) is 19.6 Å². The SMILES string of the molecule is N#CC1(NS(=O)(=O)c2cc(N3CC[C@H]4COC[C@H]4C3)c3cnn(-c4nnc(C(F)F)s4)c3c2)CC1. The number of nitriles is 1. The van der Waals surface area contributed by atoms with Crippen LogP contribution in [0.15, 0.2) is 23.2 Å². The number of piperidine rings is 1. The van der Waals surface area contributed by atoms with Gasteiger partial charge in [0.1, 0.15) is 5.54 Å². The number of hydrogen-bond donors (Lipinski definition) is 1. The van der Waals surface area contributed by atoms with Crippen LogP contribution in [0.4, 0.5) is 14.5 Å². The van der Waals surface area contributed by atoms with Crippen LogP contribution in [0, 0.1) is 23.2 Å². The quantitative estimate of drug-likeness (QED) is 0.525. The Kier molecular flexibility index (Phi) is 5.29. The van der Waals surface area contributed by atoms with Crippen LogP contribution >= 0.6 is 11.3 Å². The van der Waals surface area contributed by atoms with Crippen LogP contribution in [0.2, 0.25) is 0 Å². The molecule has 0 spiro atoms. The Labute approximate surface area is 203 Å². The summed E-state index contributed by atoms with van der Waals surface area (Å²) < 4.78 is 62.4. The van der Waals surface area contributed by atoms with Crippen LogP contribution in [0.3, 0.4) is 0 Å². The van der Waals surface area contributed by atoms with E-state index in [1.54, 1.807) is 12.3 Å². The largest absolute Gasteiger partial charge is 0.381 e. The van der Waals surface area contributed by atoms with Crippen molar-refractivity contribution in [2.24, 2.45) is 11.8 Å². The molecular formula is C21H21F2N7O3S2. The lowest BCUT2D eigenvalue weighted by molar-refractivity contribution is 0.150. The number of nitrogens with one attached hydrogen (secondary N) is 1. The van der Waals surface area contributed by atoms with Crippen LogP contribution in [-0.2, 0) is 14.8 Å². The second-order valence-electron chi connectivity index (χ2n) is 9.25. The minimum atomic E-state index is -4.04. The van der Waals surface area contributed by atoms with Crippen molar-refractivity contribution in [2.45, 2.75) is 36.1 Å². The molecule has 2 saturated heterocycles. The van der Waals surface area contributed by atoms with Gasteiger partial charge in [0.05, 0.1) is 29.3 Å². The average Bonchev–Trinajstić information content (AvgIpc) is 3.24. The van der Waals surface area contributed by atoms with Crippen molar-refractivity contribution in [3.63, 3.8) is 0 Å². The van der Waals surface area contributed by atoms with E-state index in [0.29, 0.717) is 65.8 Å². The summed E-state index contributed by atoms with van der Waals surface area (Å²) in [7, 11) is -4.04. The number of halogens is 2. The van der Waals surface area contributed by atoms with Crippen molar-refractivity contribution < 1.29 is 21.9 Å². The van der Waals surface area contributed by atoms with Crippen LogP contribution in [-0.4, -0.2) is 60.2 Å². The van der Waals surface area contributed by atoms with E-state index >= 15 is 0 Å². The molecule has 14 heteroatoms. The summed E-state index contributed by atoms with van der Waals surface area (Å²) in [5.41, 5.74) is 0.00498. The fourth-order valence-electron chi connectivity index (χ4n) is 4.81. The predicted molar refractivity (Wildman–Crippen MR) is 122 cm³/mol. The Balaban J connectivity index is 1.47.